The third kappa shape index (κ3) is 3.06. The van der Waals surface area contributed by atoms with Gasteiger partial charge in [0.25, 0.3) is 5.91 Å². The van der Waals surface area contributed by atoms with Gasteiger partial charge in [0, 0.05) is 11.1 Å². The van der Waals surface area contributed by atoms with Gasteiger partial charge >= 0.3 is 5.97 Å². The maximum atomic E-state index is 12.5. The fourth-order valence-electron chi connectivity index (χ4n) is 2.29. The van der Waals surface area contributed by atoms with Crippen molar-refractivity contribution in [2.75, 3.05) is 11.9 Å². The van der Waals surface area contributed by atoms with Gasteiger partial charge in [-0.3, -0.25) is 9.89 Å². The number of amides is 1. The molecule has 2 aromatic carbocycles. The fourth-order valence-corrected chi connectivity index (χ4v) is 2.29. The van der Waals surface area contributed by atoms with Crippen LogP contribution in [0.5, 0.6) is 0 Å². The highest BCUT2D eigenvalue weighted by Gasteiger charge is 2.13. The molecule has 2 N–H and O–H groups in total. The molecule has 0 aliphatic rings. The number of aromatic nitrogens is 2. The van der Waals surface area contributed by atoms with Gasteiger partial charge in [-0.2, -0.15) is 5.10 Å². The predicted molar refractivity (Wildman–Crippen MR) is 86.4 cm³/mol. The van der Waals surface area contributed by atoms with Crippen molar-refractivity contribution in [3.8, 4) is 0 Å². The zero-order chi connectivity index (χ0) is 16.2. The van der Waals surface area contributed by atoms with E-state index in [1.54, 1.807) is 49.5 Å². The van der Waals surface area contributed by atoms with Gasteiger partial charge in [0.2, 0.25) is 0 Å². The van der Waals surface area contributed by atoms with Crippen molar-refractivity contribution in [2.24, 2.45) is 0 Å². The number of nitrogens with one attached hydrogen (secondary N) is 2. The molecule has 0 radical (unpaired) electrons. The number of H-pyrrole nitrogens is 1. The molecule has 0 saturated carbocycles. The van der Waals surface area contributed by atoms with E-state index in [-0.39, 0.29) is 5.91 Å². The number of benzene rings is 2. The van der Waals surface area contributed by atoms with Gasteiger partial charge in [-0.15, -0.1) is 0 Å². The summed E-state index contributed by atoms with van der Waals surface area (Å²) < 4.78 is 4.95. The van der Waals surface area contributed by atoms with Crippen LogP contribution in [-0.4, -0.2) is 28.7 Å². The number of para-hydroxylation sites is 1. The molecule has 0 aliphatic heterocycles. The second-order valence-corrected chi connectivity index (χ2v) is 4.90. The maximum Gasteiger partial charge on any atom is 0.338 e. The van der Waals surface area contributed by atoms with E-state index >= 15 is 0 Å². The standard InChI is InChI=1S/C17H15N3O3/c1-2-23-17(22)11-5-3-7-13(9-11)19-16(21)14-8-4-6-12-10-18-20-15(12)14/h3-10H,2H2,1H3,(H,18,20)(H,19,21). The molecule has 3 rings (SSSR count). The lowest BCUT2D eigenvalue weighted by Gasteiger charge is -2.08. The van der Waals surface area contributed by atoms with Crippen molar-refractivity contribution in [3.63, 3.8) is 0 Å². The molecule has 0 atom stereocenters. The van der Waals surface area contributed by atoms with Crippen molar-refractivity contribution < 1.29 is 14.3 Å². The van der Waals surface area contributed by atoms with Crippen LogP contribution in [0.3, 0.4) is 0 Å². The van der Waals surface area contributed by atoms with Gasteiger partial charge < -0.3 is 10.1 Å². The second-order valence-electron chi connectivity index (χ2n) is 4.90. The number of rotatable bonds is 4. The Morgan fingerprint density at radius 2 is 2.04 bits per heavy atom. The number of hydrogen-bond donors (Lipinski definition) is 2. The van der Waals surface area contributed by atoms with Crippen LogP contribution >= 0.6 is 0 Å². The lowest BCUT2D eigenvalue weighted by atomic mass is 10.1. The molecular weight excluding hydrogens is 294 g/mol. The maximum absolute atomic E-state index is 12.5. The van der Waals surface area contributed by atoms with Crippen molar-refractivity contribution >= 4 is 28.5 Å². The molecule has 6 nitrogen and oxygen atoms in total. The predicted octanol–water partition coefficient (Wildman–Crippen LogP) is 2.99. The Morgan fingerprint density at radius 1 is 1.22 bits per heavy atom. The first-order valence-electron chi connectivity index (χ1n) is 7.19. The third-order valence-electron chi connectivity index (χ3n) is 3.35. The zero-order valence-corrected chi connectivity index (χ0v) is 12.5. The first-order valence-corrected chi connectivity index (χ1v) is 7.19. The molecule has 1 heterocycles. The Bertz CT molecular complexity index is 870. The Morgan fingerprint density at radius 3 is 2.87 bits per heavy atom. The van der Waals surface area contributed by atoms with Gasteiger partial charge in [0.05, 0.1) is 29.4 Å². The third-order valence-corrected chi connectivity index (χ3v) is 3.35. The minimum absolute atomic E-state index is 0.277. The summed E-state index contributed by atoms with van der Waals surface area (Å²) in [6, 6.07) is 12.0. The van der Waals surface area contributed by atoms with E-state index in [0.29, 0.717) is 28.9 Å². The number of ether oxygens (including phenoxy) is 1. The first-order chi connectivity index (χ1) is 11.2. The van der Waals surface area contributed by atoms with Gasteiger partial charge in [-0.25, -0.2) is 4.79 Å². The lowest BCUT2D eigenvalue weighted by molar-refractivity contribution is 0.0526. The summed E-state index contributed by atoms with van der Waals surface area (Å²) in [7, 11) is 0. The minimum atomic E-state index is -0.417. The average Bonchev–Trinajstić information content (AvgIpc) is 3.03. The van der Waals surface area contributed by atoms with Gasteiger partial charge in [0.15, 0.2) is 0 Å². The quantitative estimate of drug-likeness (QED) is 0.726. The van der Waals surface area contributed by atoms with Crippen LogP contribution in [0, 0.1) is 0 Å². The SMILES string of the molecule is CCOC(=O)c1cccc(NC(=O)c2cccc3cn[nH]c23)c1. The largest absolute Gasteiger partial charge is 0.462 e. The molecule has 23 heavy (non-hydrogen) atoms. The average molecular weight is 309 g/mol. The van der Waals surface area contributed by atoms with Crippen LogP contribution < -0.4 is 5.32 Å². The Kier molecular flexibility index (Phi) is 4.05. The number of aromatic amines is 1. The number of nitrogens with zero attached hydrogens (tertiary/aromatic N) is 1. The topological polar surface area (TPSA) is 84.1 Å². The van der Waals surface area contributed by atoms with E-state index in [4.69, 9.17) is 4.74 Å². The molecule has 6 heteroatoms. The summed E-state index contributed by atoms with van der Waals surface area (Å²) in [5, 5.41) is 10.4. The monoisotopic (exact) mass is 309 g/mol. The number of fused-ring (bicyclic) bond motifs is 1. The first kappa shape index (κ1) is 14.8. The van der Waals surface area contributed by atoms with Crippen molar-refractivity contribution in [1.82, 2.24) is 10.2 Å². The van der Waals surface area contributed by atoms with Crippen molar-refractivity contribution in [1.29, 1.82) is 0 Å². The molecule has 0 unspecified atom stereocenters. The van der Waals surface area contributed by atoms with E-state index in [0.717, 1.165) is 5.39 Å². The van der Waals surface area contributed by atoms with Gasteiger partial charge in [-0.1, -0.05) is 18.2 Å². The Hall–Kier alpha value is -3.15. The molecule has 0 saturated heterocycles. The summed E-state index contributed by atoms with van der Waals surface area (Å²) in [5.74, 6) is -0.694. The van der Waals surface area contributed by atoms with Crippen LogP contribution in [0.25, 0.3) is 10.9 Å². The number of carbonyl (C=O) groups is 2. The van der Waals surface area contributed by atoms with E-state index in [2.05, 4.69) is 15.5 Å². The molecule has 0 bridgehead atoms. The Balaban J connectivity index is 1.84. The highest BCUT2D eigenvalue weighted by molar-refractivity contribution is 6.12. The molecule has 1 amide bonds. The van der Waals surface area contributed by atoms with Gasteiger partial charge in [0.1, 0.15) is 0 Å². The molecule has 1 aromatic heterocycles. The minimum Gasteiger partial charge on any atom is -0.462 e. The number of carbonyl (C=O) groups excluding carboxylic acids is 2. The highest BCUT2D eigenvalue weighted by atomic mass is 16.5. The summed E-state index contributed by atoms with van der Waals surface area (Å²) in [5.41, 5.74) is 2.08. The fraction of sp³-hybridized carbons (Fsp3) is 0.118. The van der Waals surface area contributed by atoms with E-state index in [1.165, 1.54) is 0 Å². The normalized spacial score (nSPS) is 10.5. The zero-order valence-electron chi connectivity index (χ0n) is 12.5. The van der Waals surface area contributed by atoms with Crippen LogP contribution in [0.2, 0.25) is 0 Å². The molecule has 0 fully saturated rings. The number of hydrogen-bond acceptors (Lipinski definition) is 4. The second kappa shape index (κ2) is 6.31. The van der Waals surface area contributed by atoms with E-state index < -0.39 is 5.97 Å². The van der Waals surface area contributed by atoms with Crippen LogP contribution in [0.1, 0.15) is 27.6 Å². The lowest BCUT2D eigenvalue weighted by Crippen LogP contribution is -2.13. The smallest absolute Gasteiger partial charge is 0.338 e. The summed E-state index contributed by atoms with van der Waals surface area (Å²) in [4.78, 5) is 24.2. The molecule has 116 valence electrons. The van der Waals surface area contributed by atoms with Crippen LogP contribution in [0.4, 0.5) is 5.69 Å². The van der Waals surface area contributed by atoms with Crippen molar-refractivity contribution in [2.45, 2.75) is 6.92 Å². The van der Waals surface area contributed by atoms with Crippen molar-refractivity contribution in [3.05, 3.63) is 59.8 Å². The Labute approximate surface area is 132 Å². The highest BCUT2D eigenvalue weighted by Crippen LogP contribution is 2.18. The van der Waals surface area contributed by atoms with E-state index in [1.807, 2.05) is 6.07 Å². The van der Waals surface area contributed by atoms with E-state index in [9.17, 15) is 9.59 Å². The molecular formula is C17H15N3O3. The van der Waals surface area contributed by atoms with Gasteiger partial charge in [-0.05, 0) is 31.2 Å². The summed E-state index contributed by atoms with van der Waals surface area (Å²) >= 11 is 0. The summed E-state index contributed by atoms with van der Waals surface area (Å²) in [6.07, 6.45) is 1.66. The van der Waals surface area contributed by atoms with Crippen LogP contribution in [0.15, 0.2) is 48.7 Å². The molecule has 3 aromatic rings. The number of esters is 1. The number of anilines is 1. The molecule has 0 spiro atoms. The van der Waals surface area contributed by atoms with Crippen LogP contribution in [-0.2, 0) is 4.74 Å². The molecule has 0 aliphatic carbocycles. The summed E-state index contributed by atoms with van der Waals surface area (Å²) in [6.45, 7) is 2.05.